The molecule has 2 aromatic rings. The molecule has 1 amide bonds. The zero-order valence-corrected chi connectivity index (χ0v) is 16.5. The maximum Gasteiger partial charge on any atom is 0.326 e. The molecule has 2 N–H and O–H groups in total. The highest BCUT2D eigenvalue weighted by Crippen LogP contribution is 2.25. The van der Waals surface area contributed by atoms with Crippen LogP contribution in [-0.2, 0) is 16.1 Å². The molecule has 7 heteroatoms. The highest BCUT2D eigenvalue weighted by atomic mass is 32.2. The average molecular weight is 378 g/mol. The van der Waals surface area contributed by atoms with Gasteiger partial charge >= 0.3 is 5.97 Å². The van der Waals surface area contributed by atoms with E-state index in [9.17, 15) is 14.7 Å². The number of amides is 1. The SMILES string of the molecule is CC[C@H](C)[C@@H](NC(=O)CSc1nc2ccccc2n1CC(C)C)C(=O)O. The number of aliphatic carboxylic acids is 1. The van der Waals surface area contributed by atoms with Gasteiger partial charge in [0.05, 0.1) is 16.8 Å². The third-order valence-electron chi connectivity index (χ3n) is 4.30. The molecule has 0 spiro atoms. The molecular weight excluding hydrogens is 350 g/mol. The molecule has 0 unspecified atom stereocenters. The van der Waals surface area contributed by atoms with E-state index in [-0.39, 0.29) is 17.6 Å². The summed E-state index contributed by atoms with van der Waals surface area (Å²) in [4.78, 5) is 28.3. The van der Waals surface area contributed by atoms with Crippen LogP contribution in [0, 0.1) is 11.8 Å². The fourth-order valence-electron chi connectivity index (χ4n) is 2.73. The Morgan fingerprint density at radius 1 is 1.27 bits per heavy atom. The third kappa shape index (κ3) is 5.00. The third-order valence-corrected chi connectivity index (χ3v) is 5.27. The second-order valence-corrected chi connectivity index (χ2v) is 7.89. The van der Waals surface area contributed by atoms with Gasteiger partial charge in [0, 0.05) is 6.54 Å². The second kappa shape index (κ2) is 9.07. The summed E-state index contributed by atoms with van der Waals surface area (Å²) in [6.45, 7) is 8.83. The number of hydrogen-bond acceptors (Lipinski definition) is 4. The highest BCUT2D eigenvalue weighted by Gasteiger charge is 2.25. The lowest BCUT2D eigenvalue weighted by Crippen LogP contribution is -2.45. The Hall–Kier alpha value is -2.02. The molecule has 2 atom stereocenters. The molecule has 1 aromatic heterocycles. The van der Waals surface area contributed by atoms with Gasteiger partial charge in [0.15, 0.2) is 5.16 Å². The quantitative estimate of drug-likeness (QED) is 0.654. The van der Waals surface area contributed by atoms with Gasteiger partial charge in [-0.15, -0.1) is 0 Å². The van der Waals surface area contributed by atoms with E-state index in [1.807, 2.05) is 38.1 Å². The van der Waals surface area contributed by atoms with Crippen molar-refractivity contribution in [3.8, 4) is 0 Å². The van der Waals surface area contributed by atoms with Crippen molar-refractivity contribution in [3.05, 3.63) is 24.3 Å². The predicted octanol–water partition coefficient (Wildman–Crippen LogP) is 3.40. The molecule has 0 saturated carbocycles. The number of carbonyl (C=O) groups is 2. The Morgan fingerprint density at radius 3 is 2.58 bits per heavy atom. The molecular formula is C19H27N3O3S. The summed E-state index contributed by atoms with van der Waals surface area (Å²) < 4.78 is 2.13. The van der Waals surface area contributed by atoms with Crippen molar-refractivity contribution in [3.63, 3.8) is 0 Å². The van der Waals surface area contributed by atoms with E-state index < -0.39 is 12.0 Å². The van der Waals surface area contributed by atoms with Crippen molar-refractivity contribution in [1.82, 2.24) is 14.9 Å². The van der Waals surface area contributed by atoms with Crippen molar-refractivity contribution in [2.75, 3.05) is 5.75 Å². The number of carboxylic acid groups (broad SMARTS) is 1. The fraction of sp³-hybridized carbons (Fsp3) is 0.526. The standard InChI is InChI=1S/C19H27N3O3S/c1-5-13(4)17(18(24)25)21-16(23)11-26-19-20-14-8-6-7-9-15(14)22(19)10-12(2)3/h6-9,12-13,17H,5,10-11H2,1-4H3,(H,21,23)(H,24,25)/t13-,17+/m0/s1. The van der Waals surface area contributed by atoms with Crippen LogP contribution in [0.4, 0.5) is 0 Å². The first-order chi connectivity index (χ1) is 12.3. The van der Waals surface area contributed by atoms with E-state index in [0.717, 1.165) is 22.7 Å². The van der Waals surface area contributed by atoms with Crippen molar-refractivity contribution < 1.29 is 14.7 Å². The summed E-state index contributed by atoms with van der Waals surface area (Å²) in [5, 5.41) is 12.7. The Labute approximate surface area is 158 Å². The maximum atomic E-state index is 12.3. The first-order valence-electron chi connectivity index (χ1n) is 8.93. The number of carboxylic acids is 1. The van der Waals surface area contributed by atoms with Gasteiger partial charge in [0.1, 0.15) is 6.04 Å². The molecule has 1 aromatic carbocycles. The topological polar surface area (TPSA) is 84.2 Å². The molecule has 0 aliphatic carbocycles. The second-order valence-electron chi connectivity index (χ2n) is 6.95. The Bertz CT molecular complexity index is 772. The minimum atomic E-state index is -0.996. The monoisotopic (exact) mass is 377 g/mol. The lowest BCUT2D eigenvalue weighted by molar-refractivity contribution is -0.143. The van der Waals surface area contributed by atoms with Gasteiger partial charge in [0.2, 0.25) is 5.91 Å². The number of carbonyl (C=O) groups excluding carboxylic acids is 1. The number of imidazole rings is 1. The van der Waals surface area contributed by atoms with Crippen LogP contribution in [0.5, 0.6) is 0 Å². The molecule has 26 heavy (non-hydrogen) atoms. The molecule has 2 rings (SSSR count). The van der Waals surface area contributed by atoms with Crippen LogP contribution in [0.25, 0.3) is 11.0 Å². The van der Waals surface area contributed by atoms with E-state index in [1.165, 1.54) is 11.8 Å². The lowest BCUT2D eigenvalue weighted by Gasteiger charge is -2.20. The summed E-state index contributed by atoms with van der Waals surface area (Å²) >= 11 is 1.34. The van der Waals surface area contributed by atoms with Gasteiger partial charge in [-0.25, -0.2) is 9.78 Å². The van der Waals surface area contributed by atoms with E-state index >= 15 is 0 Å². The number of nitrogens with zero attached hydrogens (tertiary/aromatic N) is 2. The summed E-state index contributed by atoms with van der Waals surface area (Å²) in [5.74, 6) is -0.813. The van der Waals surface area contributed by atoms with Gasteiger partial charge in [-0.05, 0) is 24.0 Å². The molecule has 0 fully saturated rings. The molecule has 0 aliphatic heterocycles. The molecule has 0 aliphatic rings. The summed E-state index contributed by atoms with van der Waals surface area (Å²) in [5.41, 5.74) is 1.95. The van der Waals surface area contributed by atoms with Crippen molar-refractivity contribution in [2.45, 2.75) is 51.9 Å². The molecule has 0 bridgehead atoms. The smallest absolute Gasteiger partial charge is 0.326 e. The number of para-hydroxylation sites is 2. The Kier molecular flexibility index (Phi) is 7.08. The summed E-state index contributed by atoms with van der Waals surface area (Å²) in [6, 6.07) is 7.05. The van der Waals surface area contributed by atoms with Crippen molar-refractivity contribution in [2.24, 2.45) is 11.8 Å². The fourth-order valence-corrected chi connectivity index (χ4v) is 3.57. The number of benzene rings is 1. The largest absolute Gasteiger partial charge is 0.480 e. The molecule has 0 saturated heterocycles. The van der Waals surface area contributed by atoms with Gasteiger partial charge in [-0.1, -0.05) is 58.0 Å². The molecule has 0 radical (unpaired) electrons. The summed E-state index contributed by atoms with van der Waals surface area (Å²) in [6.07, 6.45) is 0.689. The zero-order valence-electron chi connectivity index (χ0n) is 15.7. The van der Waals surface area contributed by atoms with Crippen LogP contribution >= 0.6 is 11.8 Å². The number of thioether (sulfide) groups is 1. The molecule has 142 valence electrons. The Balaban J connectivity index is 2.11. The van der Waals surface area contributed by atoms with Gasteiger partial charge in [-0.3, -0.25) is 4.79 Å². The lowest BCUT2D eigenvalue weighted by atomic mass is 9.99. The number of nitrogens with one attached hydrogen (secondary N) is 1. The predicted molar refractivity (Wildman–Crippen MR) is 104 cm³/mol. The zero-order chi connectivity index (χ0) is 19.3. The number of fused-ring (bicyclic) bond motifs is 1. The van der Waals surface area contributed by atoms with Crippen LogP contribution in [0.1, 0.15) is 34.1 Å². The van der Waals surface area contributed by atoms with Crippen molar-refractivity contribution >= 4 is 34.7 Å². The number of aromatic nitrogens is 2. The van der Waals surface area contributed by atoms with Crippen LogP contribution in [0.15, 0.2) is 29.4 Å². The number of rotatable bonds is 9. The molecule has 1 heterocycles. The first-order valence-corrected chi connectivity index (χ1v) is 9.92. The highest BCUT2D eigenvalue weighted by molar-refractivity contribution is 7.99. The van der Waals surface area contributed by atoms with Crippen molar-refractivity contribution in [1.29, 1.82) is 0 Å². The Morgan fingerprint density at radius 2 is 1.96 bits per heavy atom. The van der Waals surface area contributed by atoms with Gasteiger partial charge < -0.3 is 15.0 Å². The normalized spacial score (nSPS) is 13.7. The van der Waals surface area contributed by atoms with E-state index in [2.05, 4.69) is 28.7 Å². The number of hydrogen-bond donors (Lipinski definition) is 2. The van der Waals surface area contributed by atoms with Crippen LogP contribution in [0.3, 0.4) is 0 Å². The van der Waals surface area contributed by atoms with E-state index in [4.69, 9.17) is 0 Å². The summed E-state index contributed by atoms with van der Waals surface area (Å²) in [7, 11) is 0. The van der Waals surface area contributed by atoms with Crippen LogP contribution in [-0.4, -0.2) is 38.3 Å². The minimum Gasteiger partial charge on any atom is -0.480 e. The van der Waals surface area contributed by atoms with Crippen LogP contribution in [0.2, 0.25) is 0 Å². The van der Waals surface area contributed by atoms with Gasteiger partial charge in [0.25, 0.3) is 0 Å². The minimum absolute atomic E-state index is 0.119. The molecule has 6 nitrogen and oxygen atoms in total. The van der Waals surface area contributed by atoms with Crippen LogP contribution < -0.4 is 5.32 Å². The van der Waals surface area contributed by atoms with E-state index in [1.54, 1.807) is 0 Å². The van der Waals surface area contributed by atoms with Gasteiger partial charge in [-0.2, -0.15) is 0 Å². The maximum absolute atomic E-state index is 12.3. The average Bonchev–Trinajstić information content (AvgIpc) is 2.94. The first kappa shape index (κ1) is 20.3. The van der Waals surface area contributed by atoms with E-state index in [0.29, 0.717) is 12.3 Å².